The average molecular weight is 591 g/mol. The van der Waals surface area contributed by atoms with Crippen LogP contribution in [0.2, 0.25) is 0 Å². The number of hydrogen-bond acceptors (Lipinski definition) is 1. The van der Waals surface area contributed by atoms with E-state index < -0.39 is 0 Å². The molecule has 210 valence electrons. The van der Waals surface area contributed by atoms with Gasteiger partial charge in [0.15, 0.2) is 0 Å². The van der Waals surface area contributed by atoms with Gasteiger partial charge in [-0.05, 0) is 59.7 Å². The van der Waals surface area contributed by atoms with Crippen LogP contribution in [0.4, 0.5) is 0 Å². The fraction of sp³-hybridized carbons (Fsp3) is 0. The summed E-state index contributed by atoms with van der Waals surface area (Å²) in [6, 6.07) is 57.5. The van der Waals surface area contributed by atoms with Gasteiger partial charge in [0.25, 0.3) is 0 Å². The van der Waals surface area contributed by atoms with Crippen LogP contribution in [0, 0.1) is 0 Å². The van der Waals surface area contributed by atoms with Crippen LogP contribution in [0.3, 0.4) is 0 Å². The van der Waals surface area contributed by atoms with Crippen molar-refractivity contribution in [3.63, 3.8) is 0 Å². The van der Waals surface area contributed by atoms with Gasteiger partial charge in [0.05, 0.1) is 22.1 Å². The highest BCUT2D eigenvalue weighted by Gasteiger charge is 2.21. The molecular weight excluding hydrogens is 565 g/mol. The van der Waals surface area contributed by atoms with E-state index in [4.69, 9.17) is 0 Å². The molecule has 10 rings (SSSR count). The molecule has 0 saturated heterocycles. The second-order valence-corrected chi connectivity index (χ2v) is 12.8. The molecule has 0 aliphatic rings. The predicted octanol–water partition coefficient (Wildman–Crippen LogP) is 11.9. The second-order valence-electron chi connectivity index (χ2n) is 11.7. The van der Waals surface area contributed by atoms with Gasteiger partial charge in [-0.3, -0.25) is 0 Å². The molecule has 0 atom stereocenters. The molecule has 0 amide bonds. The Balaban J connectivity index is 1.32. The van der Waals surface area contributed by atoms with Gasteiger partial charge < -0.3 is 9.13 Å². The lowest BCUT2D eigenvalue weighted by Crippen LogP contribution is -1.95. The Morgan fingerprint density at radius 3 is 1.89 bits per heavy atom. The third kappa shape index (κ3) is 3.50. The van der Waals surface area contributed by atoms with Crippen LogP contribution in [0.15, 0.2) is 158 Å². The molecule has 0 radical (unpaired) electrons. The summed E-state index contributed by atoms with van der Waals surface area (Å²) in [4.78, 5) is 0. The van der Waals surface area contributed by atoms with E-state index in [9.17, 15) is 0 Å². The van der Waals surface area contributed by atoms with Crippen LogP contribution >= 0.6 is 11.3 Å². The number of hydrogen-bond donors (Lipinski definition) is 0. The Morgan fingerprint density at radius 2 is 1.07 bits per heavy atom. The lowest BCUT2D eigenvalue weighted by Gasteiger charge is -2.10. The van der Waals surface area contributed by atoms with Gasteiger partial charge in [-0.2, -0.15) is 0 Å². The van der Waals surface area contributed by atoms with Crippen LogP contribution in [-0.4, -0.2) is 9.13 Å². The third-order valence-corrected chi connectivity index (χ3v) is 10.4. The molecule has 2 nitrogen and oxygen atoms in total. The lowest BCUT2D eigenvalue weighted by atomic mass is 9.99. The van der Waals surface area contributed by atoms with Crippen molar-refractivity contribution in [2.24, 2.45) is 0 Å². The van der Waals surface area contributed by atoms with Crippen molar-refractivity contribution in [3.8, 4) is 22.5 Å². The first-order valence-corrected chi connectivity index (χ1v) is 16.2. The molecule has 3 heteroatoms. The van der Waals surface area contributed by atoms with Gasteiger partial charge in [-0.1, -0.05) is 109 Å². The highest BCUT2D eigenvalue weighted by atomic mass is 32.1. The van der Waals surface area contributed by atoms with Gasteiger partial charge in [0.2, 0.25) is 0 Å². The second kappa shape index (κ2) is 9.43. The molecule has 10 aromatic rings. The van der Waals surface area contributed by atoms with E-state index in [0.29, 0.717) is 0 Å². The van der Waals surface area contributed by atoms with Crippen molar-refractivity contribution in [2.75, 3.05) is 0 Å². The zero-order valence-corrected chi connectivity index (χ0v) is 25.1. The van der Waals surface area contributed by atoms with E-state index in [1.165, 1.54) is 86.3 Å². The van der Waals surface area contributed by atoms with E-state index in [1.54, 1.807) is 0 Å². The number of fused-ring (bicyclic) bond motifs is 10. The van der Waals surface area contributed by atoms with Gasteiger partial charge in [0, 0.05) is 53.1 Å². The molecule has 3 aromatic heterocycles. The largest absolute Gasteiger partial charge is 0.309 e. The first-order valence-electron chi connectivity index (χ1n) is 15.4. The van der Waals surface area contributed by atoms with Gasteiger partial charge in [-0.25, -0.2) is 0 Å². The van der Waals surface area contributed by atoms with E-state index >= 15 is 0 Å². The maximum absolute atomic E-state index is 2.50. The number of benzene rings is 7. The highest BCUT2D eigenvalue weighted by Crippen LogP contribution is 2.44. The first kappa shape index (κ1) is 24.8. The van der Waals surface area contributed by atoms with Crippen LogP contribution in [0.5, 0.6) is 0 Å². The molecule has 0 N–H and O–H groups in total. The van der Waals surface area contributed by atoms with Crippen LogP contribution < -0.4 is 0 Å². The SMILES string of the molecule is c1ccc(-c2cccc3sc4cc(-n5c6ccccc6c6ccc7c(c8ccccc8n7-c7ccccc7)c65)ccc4c23)cc1. The van der Waals surface area contributed by atoms with Crippen molar-refractivity contribution in [1.29, 1.82) is 0 Å². The standard InChI is InChI=1S/C42H26N2S/c1-3-12-27(13-4-1)30-18-11-21-38-40(30)34-23-22-29(26-39(34)45-38)44-35-19-9-7-16-31(35)32-24-25-37-41(42(32)44)33-17-8-10-20-36(33)43(37)28-14-5-2-6-15-28/h1-26H. The number of thiophene rings is 1. The zero-order chi connectivity index (χ0) is 29.5. The molecule has 0 aliphatic carbocycles. The summed E-state index contributed by atoms with van der Waals surface area (Å²) in [5, 5.41) is 7.74. The lowest BCUT2D eigenvalue weighted by molar-refractivity contribution is 1.18. The minimum atomic E-state index is 1.17. The number of nitrogens with zero attached hydrogens (tertiary/aromatic N) is 2. The van der Waals surface area contributed by atoms with E-state index in [0.717, 1.165) is 0 Å². The number of para-hydroxylation sites is 3. The molecule has 45 heavy (non-hydrogen) atoms. The van der Waals surface area contributed by atoms with E-state index in [-0.39, 0.29) is 0 Å². The van der Waals surface area contributed by atoms with Crippen LogP contribution in [0.1, 0.15) is 0 Å². The Labute approximate surface area is 263 Å². The van der Waals surface area contributed by atoms with Crippen molar-refractivity contribution in [3.05, 3.63) is 158 Å². The third-order valence-electron chi connectivity index (χ3n) is 9.31. The number of aromatic nitrogens is 2. The summed E-state index contributed by atoms with van der Waals surface area (Å²) in [7, 11) is 0. The summed E-state index contributed by atoms with van der Waals surface area (Å²) < 4.78 is 7.53. The van der Waals surface area contributed by atoms with Gasteiger partial charge in [0.1, 0.15) is 0 Å². The summed E-state index contributed by atoms with van der Waals surface area (Å²) in [5.74, 6) is 0. The van der Waals surface area contributed by atoms with Crippen LogP contribution in [-0.2, 0) is 0 Å². The topological polar surface area (TPSA) is 9.86 Å². The van der Waals surface area contributed by atoms with Crippen molar-refractivity contribution in [2.45, 2.75) is 0 Å². The molecule has 7 aromatic carbocycles. The maximum Gasteiger partial charge on any atom is 0.0641 e. The van der Waals surface area contributed by atoms with Crippen molar-refractivity contribution in [1.82, 2.24) is 9.13 Å². The Hall–Kier alpha value is -5.64. The zero-order valence-electron chi connectivity index (χ0n) is 24.3. The molecule has 3 heterocycles. The molecule has 0 saturated carbocycles. The minimum Gasteiger partial charge on any atom is -0.309 e. The average Bonchev–Trinajstić information content (AvgIpc) is 3.76. The van der Waals surface area contributed by atoms with E-state index in [2.05, 4.69) is 167 Å². The highest BCUT2D eigenvalue weighted by molar-refractivity contribution is 7.26. The Kier molecular flexibility index (Phi) is 5.19. The predicted molar refractivity (Wildman–Crippen MR) is 193 cm³/mol. The summed E-state index contributed by atoms with van der Waals surface area (Å²) in [6.45, 7) is 0. The Bertz CT molecular complexity index is 2740. The monoisotopic (exact) mass is 590 g/mol. The fourth-order valence-corrected chi connectivity index (χ4v) is 8.61. The quantitative estimate of drug-likeness (QED) is 0.194. The molecule has 0 spiro atoms. The normalized spacial score (nSPS) is 12.0. The molecule has 0 fully saturated rings. The molecule has 0 bridgehead atoms. The molecule has 0 aliphatic heterocycles. The maximum atomic E-state index is 2.50. The first-order chi connectivity index (χ1) is 22.3. The summed E-state index contributed by atoms with van der Waals surface area (Å²) in [5.41, 5.74) is 9.82. The smallest absolute Gasteiger partial charge is 0.0641 e. The molecular formula is C42H26N2S. The van der Waals surface area contributed by atoms with E-state index in [1.807, 2.05) is 11.3 Å². The Morgan fingerprint density at radius 1 is 0.378 bits per heavy atom. The van der Waals surface area contributed by atoms with Gasteiger partial charge >= 0.3 is 0 Å². The van der Waals surface area contributed by atoms with Crippen molar-refractivity contribution < 1.29 is 0 Å². The fourth-order valence-electron chi connectivity index (χ4n) is 7.44. The van der Waals surface area contributed by atoms with Crippen molar-refractivity contribution >= 4 is 75.1 Å². The van der Waals surface area contributed by atoms with Gasteiger partial charge in [-0.15, -0.1) is 11.3 Å². The molecule has 0 unspecified atom stereocenters. The summed E-state index contributed by atoms with van der Waals surface area (Å²) in [6.07, 6.45) is 0. The minimum absolute atomic E-state index is 1.17. The van der Waals surface area contributed by atoms with Crippen LogP contribution in [0.25, 0.3) is 86.3 Å². The summed E-state index contributed by atoms with van der Waals surface area (Å²) >= 11 is 1.88. The number of rotatable bonds is 3.